The van der Waals surface area contributed by atoms with Crippen LogP contribution in [0.4, 0.5) is 5.69 Å². The third kappa shape index (κ3) is 5.72. The van der Waals surface area contributed by atoms with Gasteiger partial charge < -0.3 is 29.2 Å². The number of methoxy groups -OCH3 is 4. The first-order chi connectivity index (χ1) is 17.5. The Bertz CT molecular complexity index is 1060. The van der Waals surface area contributed by atoms with E-state index in [1.165, 1.54) is 12.0 Å². The topological polar surface area (TPSA) is 69.3 Å². The fraction of sp³-hybridized carbons (Fsp3) is 0.552. The molecule has 1 fully saturated rings. The maximum Gasteiger partial charge on any atom is 0.227 e. The van der Waals surface area contributed by atoms with Crippen molar-refractivity contribution in [2.45, 2.75) is 51.0 Å². The number of amides is 1. The summed E-state index contributed by atoms with van der Waals surface area (Å²) in [4.78, 5) is 15.8. The predicted molar refractivity (Wildman–Crippen MR) is 142 cm³/mol. The number of nitrogens with one attached hydrogen (secondary N) is 1. The molecule has 0 bridgehead atoms. The number of fused-ring (bicyclic) bond motifs is 1. The quantitative estimate of drug-likeness (QED) is 0.530. The number of anilines is 1. The van der Waals surface area contributed by atoms with Gasteiger partial charge in [0.05, 0.1) is 28.4 Å². The van der Waals surface area contributed by atoms with Gasteiger partial charge in [0.25, 0.3) is 0 Å². The van der Waals surface area contributed by atoms with Crippen molar-refractivity contribution in [1.29, 1.82) is 0 Å². The molecule has 36 heavy (non-hydrogen) atoms. The highest BCUT2D eigenvalue weighted by Crippen LogP contribution is 2.40. The number of aryl methyl sites for hydroxylation is 1. The number of carbonyl (C=O) groups excluding carboxylic acids is 1. The van der Waals surface area contributed by atoms with Crippen molar-refractivity contribution in [3.8, 4) is 23.0 Å². The van der Waals surface area contributed by atoms with Crippen molar-refractivity contribution in [1.82, 2.24) is 4.90 Å². The molecule has 2 aromatic carbocycles. The van der Waals surface area contributed by atoms with E-state index in [-0.39, 0.29) is 11.8 Å². The Morgan fingerprint density at radius 3 is 2.31 bits per heavy atom. The summed E-state index contributed by atoms with van der Waals surface area (Å²) in [5.41, 5.74) is 3.20. The lowest BCUT2D eigenvalue weighted by atomic mass is 9.75. The number of carbonyl (C=O) groups is 1. The van der Waals surface area contributed by atoms with Crippen molar-refractivity contribution in [3.63, 3.8) is 0 Å². The summed E-state index contributed by atoms with van der Waals surface area (Å²) in [7, 11) is 8.81. The average molecular weight is 497 g/mol. The molecule has 3 unspecified atom stereocenters. The van der Waals surface area contributed by atoms with E-state index >= 15 is 0 Å². The second-order valence-corrected chi connectivity index (χ2v) is 10.00. The van der Waals surface area contributed by atoms with Gasteiger partial charge in [-0.1, -0.05) is 12.5 Å². The smallest absolute Gasteiger partial charge is 0.227 e. The van der Waals surface area contributed by atoms with Gasteiger partial charge in [-0.15, -0.1) is 0 Å². The molecule has 1 N–H and O–H groups in total. The molecule has 1 aliphatic heterocycles. The van der Waals surface area contributed by atoms with Crippen molar-refractivity contribution < 1.29 is 23.7 Å². The van der Waals surface area contributed by atoms with Gasteiger partial charge in [0.2, 0.25) is 5.91 Å². The van der Waals surface area contributed by atoms with Crippen LogP contribution in [0.3, 0.4) is 0 Å². The lowest BCUT2D eigenvalue weighted by Crippen LogP contribution is -2.40. The molecule has 7 heteroatoms. The molecule has 3 atom stereocenters. The predicted octanol–water partition coefficient (Wildman–Crippen LogP) is 4.96. The molecular formula is C29H40N2O5. The first kappa shape index (κ1) is 26.1. The average Bonchev–Trinajstić information content (AvgIpc) is 3.08. The van der Waals surface area contributed by atoms with E-state index < -0.39 is 0 Å². The molecule has 1 saturated carbocycles. The molecule has 2 aliphatic rings. The summed E-state index contributed by atoms with van der Waals surface area (Å²) in [5, 5.41) is 3.20. The molecule has 4 rings (SSSR count). The second-order valence-electron chi connectivity index (χ2n) is 10.00. The maximum absolute atomic E-state index is 13.3. The summed E-state index contributed by atoms with van der Waals surface area (Å²) >= 11 is 0. The number of hydrogen-bond donors (Lipinski definition) is 1. The first-order valence-electron chi connectivity index (χ1n) is 12.9. The van der Waals surface area contributed by atoms with Crippen molar-refractivity contribution in [2.75, 3.05) is 47.3 Å². The Kier molecular flexibility index (Phi) is 8.62. The molecule has 0 radical (unpaired) electrons. The Morgan fingerprint density at radius 1 is 0.889 bits per heavy atom. The van der Waals surface area contributed by atoms with Crippen LogP contribution in [0.2, 0.25) is 0 Å². The van der Waals surface area contributed by atoms with E-state index in [0.29, 0.717) is 23.5 Å². The van der Waals surface area contributed by atoms with Crippen LogP contribution < -0.4 is 24.3 Å². The summed E-state index contributed by atoms with van der Waals surface area (Å²) in [6, 6.07) is 10.5. The fourth-order valence-corrected chi connectivity index (χ4v) is 5.85. The van der Waals surface area contributed by atoms with E-state index in [2.05, 4.69) is 29.4 Å². The van der Waals surface area contributed by atoms with Gasteiger partial charge in [0, 0.05) is 30.3 Å². The Balaban J connectivity index is 1.38. The van der Waals surface area contributed by atoms with Crippen LogP contribution in [0.15, 0.2) is 30.3 Å². The number of rotatable bonds is 9. The zero-order valence-electron chi connectivity index (χ0n) is 22.3. The Morgan fingerprint density at radius 2 is 1.58 bits per heavy atom. The molecule has 1 heterocycles. The molecular weight excluding hydrogens is 456 g/mol. The lowest BCUT2D eigenvalue weighted by molar-refractivity contribution is -0.122. The van der Waals surface area contributed by atoms with Gasteiger partial charge in [0.1, 0.15) is 0 Å². The number of likely N-dealkylation sites (N-methyl/N-ethyl adjacent to an activating group) is 1. The molecule has 0 saturated heterocycles. The molecule has 0 spiro atoms. The monoisotopic (exact) mass is 496 g/mol. The van der Waals surface area contributed by atoms with E-state index in [4.69, 9.17) is 18.9 Å². The molecule has 2 aromatic rings. The summed E-state index contributed by atoms with van der Waals surface area (Å²) in [6.45, 7) is 0.967. The zero-order chi connectivity index (χ0) is 25.7. The summed E-state index contributed by atoms with van der Waals surface area (Å²) in [6.07, 6.45) is 7.18. The number of hydrogen-bond acceptors (Lipinski definition) is 6. The van der Waals surface area contributed by atoms with Gasteiger partial charge in [-0.3, -0.25) is 4.79 Å². The Labute approximate surface area is 215 Å². The van der Waals surface area contributed by atoms with Crippen molar-refractivity contribution in [2.24, 2.45) is 11.8 Å². The van der Waals surface area contributed by atoms with Crippen LogP contribution in [-0.4, -0.2) is 58.9 Å². The lowest BCUT2D eigenvalue weighted by Gasteiger charge is -2.38. The fourth-order valence-electron chi connectivity index (χ4n) is 5.85. The van der Waals surface area contributed by atoms with Crippen LogP contribution >= 0.6 is 0 Å². The number of nitrogens with zero attached hydrogens (tertiary/aromatic N) is 1. The largest absolute Gasteiger partial charge is 0.493 e. The van der Waals surface area contributed by atoms with Crippen LogP contribution in [0.1, 0.15) is 43.2 Å². The molecule has 1 aliphatic carbocycles. The number of ether oxygens (including phenoxy) is 4. The minimum atomic E-state index is 0.0245. The van der Waals surface area contributed by atoms with Crippen molar-refractivity contribution in [3.05, 3.63) is 41.5 Å². The van der Waals surface area contributed by atoms with Gasteiger partial charge in [-0.05, 0) is 80.8 Å². The molecule has 0 aromatic heterocycles. The van der Waals surface area contributed by atoms with Crippen molar-refractivity contribution >= 4 is 11.6 Å². The van der Waals surface area contributed by atoms with E-state index in [1.807, 2.05) is 18.2 Å². The highest BCUT2D eigenvalue weighted by atomic mass is 16.5. The molecule has 196 valence electrons. The van der Waals surface area contributed by atoms with Crippen LogP contribution in [0, 0.1) is 11.8 Å². The van der Waals surface area contributed by atoms with Crippen LogP contribution in [0.25, 0.3) is 0 Å². The number of benzene rings is 2. The summed E-state index contributed by atoms with van der Waals surface area (Å²) in [5.74, 6) is 3.43. The van der Waals surface area contributed by atoms with Gasteiger partial charge in [-0.2, -0.15) is 0 Å². The third-order valence-corrected chi connectivity index (χ3v) is 8.01. The maximum atomic E-state index is 13.3. The van der Waals surface area contributed by atoms with E-state index in [9.17, 15) is 4.79 Å². The SMILES string of the molecule is COc1ccc(CCN(C)C2CCCC(C3CCc4cc(OC)c(OC)cc4NC3=O)C2)cc1OC. The third-order valence-electron chi connectivity index (χ3n) is 8.01. The Hall–Kier alpha value is -2.93. The zero-order valence-corrected chi connectivity index (χ0v) is 22.3. The van der Waals surface area contributed by atoms with Gasteiger partial charge >= 0.3 is 0 Å². The van der Waals surface area contributed by atoms with Crippen LogP contribution in [-0.2, 0) is 17.6 Å². The highest BCUT2D eigenvalue weighted by Gasteiger charge is 2.35. The van der Waals surface area contributed by atoms with Crippen LogP contribution in [0.5, 0.6) is 23.0 Å². The standard InChI is InChI=1S/C29H40N2O5/c1-31(14-13-19-9-12-25(33-2)26(15-19)34-3)22-8-6-7-20(16-22)23-11-10-21-17-27(35-4)28(36-5)18-24(21)30-29(23)32/h9,12,15,17-18,20,22-23H,6-8,10-11,13-14,16H2,1-5H3,(H,30,32). The second kappa shape index (κ2) is 11.9. The minimum absolute atomic E-state index is 0.0245. The van der Waals surface area contributed by atoms with E-state index in [1.54, 1.807) is 28.4 Å². The summed E-state index contributed by atoms with van der Waals surface area (Å²) < 4.78 is 21.7. The first-order valence-corrected chi connectivity index (χ1v) is 12.9. The minimum Gasteiger partial charge on any atom is -0.493 e. The van der Waals surface area contributed by atoms with E-state index in [0.717, 1.165) is 67.8 Å². The van der Waals surface area contributed by atoms with Gasteiger partial charge in [-0.25, -0.2) is 0 Å². The molecule has 7 nitrogen and oxygen atoms in total. The van der Waals surface area contributed by atoms with Gasteiger partial charge in [0.15, 0.2) is 23.0 Å². The normalized spacial score (nSPS) is 21.8. The molecule has 1 amide bonds. The highest BCUT2D eigenvalue weighted by molar-refractivity contribution is 5.94.